The Morgan fingerprint density at radius 2 is 2.16 bits per heavy atom. The minimum Gasteiger partial charge on any atom is -0.439 e. The molecule has 2 aromatic rings. The zero-order valence-corrected chi connectivity index (χ0v) is 10.5. The summed E-state index contributed by atoms with van der Waals surface area (Å²) in [6.07, 6.45) is 1.60. The summed E-state index contributed by atoms with van der Waals surface area (Å²) in [6, 6.07) is 7.57. The molecule has 0 bridgehead atoms. The van der Waals surface area contributed by atoms with Crippen LogP contribution in [0, 0.1) is 10.1 Å². The third-order valence-corrected chi connectivity index (χ3v) is 2.67. The molecule has 0 amide bonds. The van der Waals surface area contributed by atoms with Crippen molar-refractivity contribution in [3.05, 3.63) is 57.2 Å². The summed E-state index contributed by atoms with van der Waals surface area (Å²) >= 11 is 5.78. The number of hydrogen-bond donors (Lipinski definition) is 1. The van der Waals surface area contributed by atoms with Gasteiger partial charge in [0.05, 0.1) is 4.92 Å². The monoisotopic (exact) mass is 279 g/mol. The third kappa shape index (κ3) is 3.18. The summed E-state index contributed by atoms with van der Waals surface area (Å²) in [5.41, 5.74) is 6.17. The lowest BCUT2D eigenvalue weighted by Crippen LogP contribution is -1.97. The Balaban J connectivity index is 2.18. The third-order valence-electron chi connectivity index (χ3n) is 2.37. The van der Waals surface area contributed by atoms with Gasteiger partial charge in [-0.3, -0.25) is 10.1 Å². The van der Waals surface area contributed by atoms with Crippen molar-refractivity contribution in [3.63, 3.8) is 0 Å². The zero-order chi connectivity index (χ0) is 13.8. The number of pyridine rings is 1. The highest BCUT2D eigenvalue weighted by atomic mass is 35.5. The minimum atomic E-state index is -0.555. The number of nitrogens with two attached hydrogens (primary N) is 1. The maximum absolute atomic E-state index is 10.6. The predicted molar refractivity (Wildman–Crippen MR) is 70.3 cm³/mol. The molecule has 1 heterocycles. The second-order valence-electron chi connectivity index (χ2n) is 3.68. The molecular weight excluding hydrogens is 270 g/mol. The van der Waals surface area contributed by atoms with Crippen LogP contribution < -0.4 is 10.5 Å². The summed E-state index contributed by atoms with van der Waals surface area (Å²) in [5.74, 6) is 0.741. The molecule has 0 aliphatic carbocycles. The Morgan fingerprint density at radius 3 is 2.68 bits per heavy atom. The van der Waals surface area contributed by atoms with Crippen molar-refractivity contribution in [1.82, 2.24) is 4.98 Å². The van der Waals surface area contributed by atoms with Crippen molar-refractivity contribution in [1.29, 1.82) is 0 Å². The summed E-state index contributed by atoms with van der Waals surface area (Å²) in [7, 11) is 0. The van der Waals surface area contributed by atoms with E-state index in [9.17, 15) is 10.1 Å². The molecule has 0 aliphatic heterocycles. The molecule has 1 aromatic heterocycles. The summed E-state index contributed by atoms with van der Waals surface area (Å²) < 4.78 is 5.43. The van der Waals surface area contributed by atoms with Gasteiger partial charge in [-0.25, -0.2) is 4.98 Å². The van der Waals surface area contributed by atoms with E-state index in [2.05, 4.69) is 4.98 Å². The fraction of sp³-hybridized carbons (Fsp3) is 0.0833. The van der Waals surface area contributed by atoms with E-state index in [1.165, 1.54) is 18.2 Å². The minimum absolute atomic E-state index is 0.0149. The molecular formula is C12H10ClN3O3. The van der Waals surface area contributed by atoms with Gasteiger partial charge in [-0.1, -0.05) is 17.7 Å². The fourth-order valence-electron chi connectivity index (χ4n) is 1.41. The highest BCUT2D eigenvalue weighted by Gasteiger charge is 2.13. The standard InChI is InChI=1S/C12H10ClN3O3/c13-10-5-9(2-3-11(10)16(17)18)19-12-4-1-8(6-14)7-15-12/h1-5,7H,6,14H2. The van der Waals surface area contributed by atoms with Crippen molar-refractivity contribution in [2.75, 3.05) is 0 Å². The summed E-state index contributed by atoms with van der Waals surface area (Å²) in [4.78, 5) is 14.1. The number of benzene rings is 1. The molecule has 19 heavy (non-hydrogen) atoms. The second-order valence-corrected chi connectivity index (χ2v) is 4.09. The van der Waals surface area contributed by atoms with Gasteiger partial charge in [-0.15, -0.1) is 0 Å². The first kappa shape index (κ1) is 13.3. The van der Waals surface area contributed by atoms with Gasteiger partial charge in [-0.2, -0.15) is 0 Å². The molecule has 0 saturated carbocycles. The molecule has 6 nitrogen and oxygen atoms in total. The number of halogens is 1. The highest BCUT2D eigenvalue weighted by Crippen LogP contribution is 2.30. The number of nitro benzene ring substituents is 1. The van der Waals surface area contributed by atoms with E-state index in [0.29, 0.717) is 18.2 Å². The number of nitrogens with zero attached hydrogens (tertiary/aromatic N) is 2. The normalized spacial score (nSPS) is 10.2. The van der Waals surface area contributed by atoms with Gasteiger partial charge >= 0.3 is 0 Å². The molecule has 7 heteroatoms. The number of ether oxygens (including phenoxy) is 1. The molecule has 1 aromatic carbocycles. The average Bonchev–Trinajstić information content (AvgIpc) is 2.39. The predicted octanol–water partition coefficient (Wildman–Crippen LogP) is 2.89. The van der Waals surface area contributed by atoms with Gasteiger partial charge in [0, 0.05) is 30.9 Å². The summed E-state index contributed by atoms with van der Waals surface area (Å²) in [5, 5.41) is 10.6. The van der Waals surface area contributed by atoms with Crippen LogP contribution in [0.25, 0.3) is 0 Å². The van der Waals surface area contributed by atoms with Crippen molar-refractivity contribution >= 4 is 17.3 Å². The maximum Gasteiger partial charge on any atom is 0.288 e. The smallest absolute Gasteiger partial charge is 0.288 e. The Hall–Kier alpha value is -2.18. The van der Waals surface area contributed by atoms with E-state index in [1.807, 2.05) is 0 Å². The van der Waals surface area contributed by atoms with E-state index in [-0.39, 0.29) is 10.7 Å². The van der Waals surface area contributed by atoms with E-state index in [1.54, 1.807) is 18.3 Å². The molecule has 0 atom stereocenters. The van der Waals surface area contributed by atoms with Gasteiger partial charge in [-0.05, 0) is 11.6 Å². The first-order valence-electron chi connectivity index (χ1n) is 5.37. The second kappa shape index (κ2) is 5.64. The van der Waals surface area contributed by atoms with Crippen molar-refractivity contribution in [2.45, 2.75) is 6.54 Å². The number of nitro groups is 1. The lowest BCUT2D eigenvalue weighted by Gasteiger charge is -2.05. The van der Waals surface area contributed by atoms with Crippen LogP contribution in [0.2, 0.25) is 5.02 Å². The largest absolute Gasteiger partial charge is 0.439 e. The van der Waals surface area contributed by atoms with Crippen molar-refractivity contribution < 1.29 is 9.66 Å². The van der Waals surface area contributed by atoms with Crippen LogP contribution in [-0.4, -0.2) is 9.91 Å². The quantitative estimate of drug-likeness (QED) is 0.686. The van der Waals surface area contributed by atoms with E-state index in [0.717, 1.165) is 5.56 Å². The van der Waals surface area contributed by atoms with Crippen LogP contribution in [0.3, 0.4) is 0 Å². The Morgan fingerprint density at radius 1 is 1.37 bits per heavy atom. The fourth-order valence-corrected chi connectivity index (χ4v) is 1.65. The van der Waals surface area contributed by atoms with Gasteiger partial charge < -0.3 is 10.5 Å². The average molecular weight is 280 g/mol. The Labute approximate surface area is 113 Å². The van der Waals surface area contributed by atoms with Gasteiger partial charge in [0.2, 0.25) is 5.88 Å². The van der Waals surface area contributed by atoms with Gasteiger partial charge in [0.15, 0.2) is 0 Å². The van der Waals surface area contributed by atoms with Crippen LogP contribution in [0.5, 0.6) is 11.6 Å². The Bertz CT molecular complexity index is 602. The first-order chi connectivity index (χ1) is 9.10. The Kier molecular flexibility index (Phi) is 3.94. The van der Waals surface area contributed by atoms with Crippen LogP contribution in [0.15, 0.2) is 36.5 Å². The number of rotatable bonds is 4. The molecule has 0 saturated heterocycles. The van der Waals surface area contributed by atoms with Crippen LogP contribution in [0.1, 0.15) is 5.56 Å². The molecule has 0 unspecified atom stereocenters. The van der Waals surface area contributed by atoms with E-state index >= 15 is 0 Å². The maximum atomic E-state index is 10.6. The van der Waals surface area contributed by atoms with Crippen LogP contribution in [0.4, 0.5) is 5.69 Å². The van der Waals surface area contributed by atoms with Crippen molar-refractivity contribution in [2.24, 2.45) is 5.73 Å². The van der Waals surface area contributed by atoms with Gasteiger partial charge in [0.25, 0.3) is 5.69 Å². The lowest BCUT2D eigenvalue weighted by molar-refractivity contribution is -0.384. The zero-order valence-electron chi connectivity index (χ0n) is 9.75. The topological polar surface area (TPSA) is 91.3 Å². The van der Waals surface area contributed by atoms with E-state index < -0.39 is 4.92 Å². The number of hydrogen-bond acceptors (Lipinski definition) is 5. The SMILES string of the molecule is NCc1ccc(Oc2ccc([N+](=O)[O-])c(Cl)c2)nc1. The highest BCUT2D eigenvalue weighted by molar-refractivity contribution is 6.32. The molecule has 2 rings (SSSR count). The summed E-state index contributed by atoms with van der Waals surface area (Å²) in [6.45, 7) is 0.399. The van der Waals surface area contributed by atoms with E-state index in [4.69, 9.17) is 22.1 Å². The number of aromatic nitrogens is 1. The molecule has 98 valence electrons. The first-order valence-corrected chi connectivity index (χ1v) is 5.74. The molecule has 0 fully saturated rings. The molecule has 0 radical (unpaired) electrons. The lowest BCUT2D eigenvalue weighted by atomic mass is 10.3. The van der Waals surface area contributed by atoms with Gasteiger partial charge in [0.1, 0.15) is 10.8 Å². The molecule has 2 N–H and O–H groups in total. The van der Waals surface area contributed by atoms with Crippen LogP contribution in [-0.2, 0) is 6.54 Å². The molecule has 0 aliphatic rings. The van der Waals surface area contributed by atoms with Crippen molar-refractivity contribution in [3.8, 4) is 11.6 Å². The molecule has 0 spiro atoms. The van der Waals surface area contributed by atoms with Crippen LogP contribution >= 0.6 is 11.6 Å².